The van der Waals surface area contributed by atoms with Crippen LogP contribution in [0.15, 0.2) is 12.4 Å². The number of rotatable bonds is 3. The zero-order valence-electron chi connectivity index (χ0n) is 13.0. The van der Waals surface area contributed by atoms with Crippen LogP contribution in [0.1, 0.15) is 27.7 Å². The fraction of sp³-hybridized carbons (Fsp3) is 0.692. The molecule has 7 heteroatoms. The SMILES string of the molecule is CC1(C)OB(c2cnn(CC=O)c2)OC1(C)C.COC. The maximum Gasteiger partial charge on any atom is 0.498 e. The zero-order chi connectivity index (χ0) is 15.4. The van der Waals surface area contributed by atoms with Gasteiger partial charge in [0.05, 0.1) is 17.7 Å². The van der Waals surface area contributed by atoms with E-state index in [1.54, 1.807) is 31.3 Å². The average molecular weight is 282 g/mol. The molecule has 0 amide bonds. The summed E-state index contributed by atoms with van der Waals surface area (Å²) in [5.74, 6) is 0. The average Bonchev–Trinajstić information content (AvgIpc) is 2.84. The number of hydrogen-bond acceptors (Lipinski definition) is 5. The van der Waals surface area contributed by atoms with Crippen LogP contribution in [0.4, 0.5) is 0 Å². The highest BCUT2D eigenvalue weighted by Gasteiger charge is 2.52. The van der Waals surface area contributed by atoms with Crippen molar-refractivity contribution >= 4 is 18.9 Å². The van der Waals surface area contributed by atoms with Gasteiger partial charge in [-0.2, -0.15) is 5.10 Å². The second-order valence-corrected chi connectivity index (χ2v) is 5.66. The highest BCUT2D eigenvalue weighted by Crippen LogP contribution is 2.36. The summed E-state index contributed by atoms with van der Waals surface area (Å²) in [4.78, 5) is 10.4. The zero-order valence-corrected chi connectivity index (χ0v) is 13.0. The molecule has 0 aromatic carbocycles. The number of carbonyl (C=O) groups excluding carboxylic acids is 1. The first-order valence-corrected chi connectivity index (χ1v) is 6.49. The molecule has 0 unspecified atom stereocenters. The van der Waals surface area contributed by atoms with Gasteiger partial charge >= 0.3 is 7.12 Å². The standard InChI is InChI=1S/C11H17BN2O3.C2H6O/c1-10(2)11(3,4)17-12(16-10)9-7-13-14(8-9)5-6-15;1-3-2/h6-8H,5H2,1-4H3;1-2H3. The Bertz CT molecular complexity index is 429. The third kappa shape index (κ3) is 3.68. The van der Waals surface area contributed by atoms with Gasteiger partial charge in [-0.3, -0.25) is 4.68 Å². The van der Waals surface area contributed by atoms with Crippen LogP contribution in [-0.2, 0) is 25.4 Å². The number of nitrogens with zero attached hydrogens (tertiary/aromatic N) is 2. The molecule has 2 heterocycles. The Labute approximate surface area is 120 Å². The number of aldehydes is 1. The molecule has 1 saturated heterocycles. The van der Waals surface area contributed by atoms with Crippen molar-refractivity contribution in [3.63, 3.8) is 0 Å². The third-order valence-corrected chi connectivity index (χ3v) is 3.44. The first kappa shape index (κ1) is 16.9. The second kappa shape index (κ2) is 6.52. The predicted octanol–water partition coefficient (Wildman–Crippen LogP) is 0.644. The van der Waals surface area contributed by atoms with Crippen molar-refractivity contribution in [3.8, 4) is 0 Å². The lowest BCUT2D eigenvalue weighted by molar-refractivity contribution is -0.108. The predicted molar refractivity (Wildman–Crippen MR) is 76.9 cm³/mol. The van der Waals surface area contributed by atoms with Crippen molar-refractivity contribution in [3.05, 3.63) is 12.4 Å². The van der Waals surface area contributed by atoms with Crippen molar-refractivity contribution in [2.75, 3.05) is 14.2 Å². The minimum absolute atomic E-state index is 0.250. The van der Waals surface area contributed by atoms with E-state index in [1.807, 2.05) is 27.7 Å². The van der Waals surface area contributed by atoms with E-state index in [9.17, 15) is 4.79 Å². The molecule has 1 aromatic rings. The third-order valence-electron chi connectivity index (χ3n) is 3.44. The number of hydrogen-bond donors (Lipinski definition) is 0. The molecular formula is C13H23BN2O4. The smallest absolute Gasteiger partial charge is 0.399 e. The Kier molecular flexibility index (Phi) is 5.50. The molecule has 1 aromatic heterocycles. The minimum atomic E-state index is -0.416. The molecule has 0 spiro atoms. The molecule has 1 fully saturated rings. The van der Waals surface area contributed by atoms with Gasteiger partial charge in [-0.25, -0.2) is 0 Å². The highest BCUT2D eigenvalue weighted by atomic mass is 16.7. The van der Waals surface area contributed by atoms with E-state index in [4.69, 9.17) is 9.31 Å². The van der Waals surface area contributed by atoms with Gasteiger partial charge < -0.3 is 18.8 Å². The molecule has 20 heavy (non-hydrogen) atoms. The van der Waals surface area contributed by atoms with Crippen LogP contribution in [0.3, 0.4) is 0 Å². The molecule has 0 saturated carbocycles. The topological polar surface area (TPSA) is 62.6 Å². The maximum absolute atomic E-state index is 10.4. The van der Waals surface area contributed by atoms with Crippen LogP contribution < -0.4 is 5.46 Å². The van der Waals surface area contributed by atoms with Crippen molar-refractivity contribution in [2.24, 2.45) is 0 Å². The first-order chi connectivity index (χ1) is 9.27. The fourth-order valence-electron chi connectivity index (χ4n) is 1.66. The van der Waals surface area contributed by atoms with Gasteiger partial charge in [0.25, 0.3) is 0 Å². The summed E-state index contributed by atoms with van der Waals surface area (Å²) in [5, 5.41) is 4.07. The maximum atomic E-state index is 10.4. The monoisotopic (exact) mass is 282 g/mol. The molecular weight excluding hydrogens is 259 g/mol. The summed E-state index contributed by atoms with van der Waals surface area (Å²) >= 11 is 0. The van der Waals surface area contributed by atoms with Gasteiger partial charge in [-0.1, -0.05) is 0 Å². The molecule has 112 valence electrons. The molecule has 2 rings (SSSR count). The molecule has 0 radical (unpaired) electrons. The van der Waals surface area contributed by atoms with E-state index in [1.165, 1.54) is 0 Å². The van der Waals surface area contributed by atoms with E-state index in [0.29, 0.717) is 0 Å². The van der Waals surface area contributed by atoms with Gasteiger partial charge in [-0.05, 0) is 27.7 Å². The minimum Gasteiger partial charge on any atom is -0.399 e. The summed E-state index contributed by atoms with van der Waals surface area (Å²) in [6, 6.07) is 0. The van der Waals surface area contributed by atoms with Crippen LogP contribution in [0.25, 0.3) is 0 Å². The molecule has 0 bridgehead atoms. The Morgan fingerprint density at radius 1 is 1.30 bits per heavy atom. The van der Waals surface area contributed by atoms with Crippen molar-refractivity contribution in [2.45, 2.75) is 45.4 Å². The number of carbonyl (C=O) groups is 1. The molecule has 1 aliphatic rings. The number of methoxy groups -OCH3 is 1. The van der Waals surface area contributed by atoms with Gasteiger partial charge in [0.2, 0.25) is 0 Å². The molecule has 6 nitrogen and oxygen atoms in total. The van der Waals surface area contributed by atoms with Crippen LogP contribution in [0.5, 0.6) is 0 Å². The number of aromatic nitrogens is 2. The summed E-state index contributed by atoms with van der Waals surface area (Å²) < 4.78 is 17.6. The summed E-state index contributed by atoms with van der Waals surface area (Å²) in [6.07, 6.45) is 4.25. The van der Waals surface area contributed by atoms with Crippen molar-refractivity contribution in [1.82, 2.24) is 9.78 Å². The Morgan fingerprint density at radius 3 is 2.25 bits per heavy atom. The quantitative estimate of drug-likeness (QED) is 0.601. The summed E-state index contributed by atoms with van der Waals surface area (Å²) in [7, 11) is 2.83. The lowest BCUT2D eigenvalue weighted by atomic mass is 9.82. The Balaban J connectivity index is 0.000000612. The van der Waals surface area contributed by atoms with E-state index < -0.39 is 7.12 Å². The van der Waals surface area contributed by atoms with Gasteiger partial charge in [-0.15, -0.1) is 0 Å². The van der Waals surface area contributed by atoms with E-state index in [2.05, 4.69) is 9.84 Å². The van der Waals surface area contributed by atoms with Crippen LogP contribution in [-0.4, -0.2) is 48.6 Å². The first-order valence-electron chi connectivity index (χ1n) is 6.49. The molecule has 0 N–H and O–H groups in total. The van der Waals surface area contributed by atoms with Crippen LogP contribution in [0.2, 0.25) is 0 Å². The van der Waals surface area contributed by atoms with Crippen molar-refractivity contribution < 1.29 is 18.8 Å². The van der Waals surface area contributed by atoms with Gasteiger partial charge in [0.15, 0.2) is 0 Å². The molecule has 0 aliphatic carbocycles. The summed E-state index contributed by atoms with van der Waals surface area (Å²) in [5.41, 5.74) is 0.125. The lowest BCUT2D eigenvalue weighted by Gasteiger charge is -2.32. The fourth-order valence-corrected chi connectivity index (χ4v) is 1.66. The van der Waals surface area contributed by atoms with Crippen LogP contribution in [0, 0.1) is 0 Å². The van der Waals surface area contributed by atoms with E-state index in [0.717, 1.165) is 11.7 Å². The lowest BCUT2D eigenvalue weighted by Crippen LogP contribution is -2.41. The van der Waals surface area contributed by atoms with Gasteiger partial charge in [0.1, 0.15) is 6.29 Å². The molecule has 0 atom stereocenters. The normalized spacial score (nSPS) is 19.4. The summed E-state index contributed by atoms with van der Waals surface area (Å²) in [6.45, 7) is 8.26. The van der Waals surface area contributed by atoms with E-state index in [-0.39, 0.29) is 17.7 Å². The number of ether oxygens (including phenoxy) is 1. The Morgan fingerprint density at radius 2 is 1.80 bits per heavy atom. The largest absolute Gasteiger partial charge is 0.498 e. The van der Waals surface area contributed by atoms with Gasteiger partial charge in [0, 0.05) is 32.1 Å². The highest BCUT2D eigenvalue weighted by molar-refractivity contribution is 6.61. The van der Waals surface area contributed by atoms with E-state index >= 15 is 0 Å². The van der Waals surface area contributed by atoms with Crippen LogP contribution >= 0.6 is 0 Å². The Hall–Kier alpha value is -1.18. The molecule has 1 aliphatic heterocycles. The van der Waals surface area contributed by atoms with Crippen molar-refractivity contribution in [1.29, 1.82) is 0 Å². The second-order valence-electron chi connectivity index (χ2n) is 5.66.